The van der Waals surface area contributed by atoms with Crippen molar-refractivity contribution in [3.05, 3.63) is 21.3 Å². The van der Waals surface area contributed by atoms with Crippen LogP contribution in [-0.2, 0) is 6.18 Å². The molecule has 0 aliphatic heterocycles. The van der Waals surface area contributed by atoms with E-state index in [0.717, 1.165) is 17.4 Å². The molecule has 1 aromatic rings. The van der Waals surface area contributed by atoms with E-state index in [4.69, 9.17) is 11.6 Å². The fourth-order valence-electron chi connectivity index (χ4n) is 0.497. The Hall–Kier alpha value is -0.220. The Morgan fingerprint density at radius 3 is 2.20 bits per heavy atom. The summed E-state index contributed by atoms with van der Waals surface area (Å²) < 4.78 is 35.2. The molecule has 0 aliphatic carbocycles. The van der Waals surface area contributed by atoms with E-state index in [1.165, 1.54) is 5.38 Å². The normalized spacial score (nSPS) is 12.0. The Morgan fingerprint density at radius 1 is 1.40 bits per heavy atom. The van der Waals surface area contributed by atoms with Gasteiger partial charge in [-0.3, -0.25) is 0 Å². The highest BCUT2D eigenvalue weighted by Gasteiger charge is 2.33. The van der Waals surface area contributed by atoms with E-state index in [0.29, 0.717) is 0 Å². The number of thiophene rings is 1. The molecule has 0 saturated carbocycles. The largest absolute Gasteiger partial charge is 0.418 e. The highest BCUT2D eigenvalue weighted by molar-refractivity contribution is 7.14. The van der Waals surface area contributed by atoms with Crippen LogP contribution in [0.5, 0.6) is 0 Å². The zero-order chi connectivity index (χ0) is 7.78. The van der Waals surface area contributed by atoms with Crippen LogP contribution in [0.3, 0.4) is 0 Å². The first-order valence-electron chi connectivity index (χ1n) is 2.32. The van der Waals surface area contributed by atoms with Gasteiger partial charge in [0, 0.05) is 0 Å². The lowest BCUT2D eigenvalue weighted by molar-refractivity contribution is -0.137. The molecule has 0 saturated heterocycles. The summed E-state index contributed by atoms with van der Waals surface area (Å²) in [5, 5.41) is 1.31. The van der Waals surface area contributed by atoms with Crippen molar-refractivity contribution in [2.45, 2.75) is 6.18 Å². The number of hydrogen-bond acceptors (Lipinski definition) is 1. The van der Waals surface area contributed by atoms with E-state index in [2.05, 4.69) is 0 Å². The summed E-state index contributed by atoms with van der Waals surface area (Å²) in [6.07, 6.45) is -4.31. The molecule has 0 atom stereocenters. The summed E-state index contributed by atoms with van der Waals surface area (Å²) in [6.45, 7) is 0. The van der Waals surface area contributed by atoms with Gasteiger partial charge in [0.05, 0.1) is 5.56 Å². The maximum atomic E-state index is 11.8. The summed E-state index contributed by atoms with van der Waals surface area (Å²) in [5.41, 5.74) is -0.751. The van der Waals surface area contributed by atoms with Gasteiger partial charge in [0.2, 0.25) is 0 Å². The van der Waals surface area contributed by atoms with Gasteiger partial charge in [0.1, 0.15) is 4.34 Å². The molecule has 0 unspecified atom stereocenters. The van der Waals surface area contributed by atoms with E-state index in [-0.39, 0.29) is 4.34 Å². The third kappa shape index (κ3) is 1.44. The lowest BCUT2D eigenvalue weighted by atomic mass is 10.3. The van der Waals surface area contributed by atoms with Crippen LogP contribution in [0.15, 0.2) is 11.4 Å². The lowest BCUT2D eigenvalue weighted by Crippen LogP contribution is -2.02. The van der Waals surface area contributed by atoms with Gasteiger partial charge < -0.3 is 0 Å². The summed E-state index contributed by atoms with van der Waals surface area (Å²) >= 11 is 6.10. The van der Waals surface area contributed by atoms with E-state index in [1.54, 1.807) is 0 Å². The topological polar surface area (TPSA) is 0 Å². The number of hydrogen-bond donors (Lipinski definition) is 0. The van der Waals surface area contributed by atoms with Gasteiger partial charge in [0.25, 0.3) is 0 Å². The summed E-state index contributed by atoms with van der Waals surface area (Å²) in [5.74, 6) is 0. The van der Waals surface area contributed by atoms with E-state index < -0.39 is 11.7 Å². The second-order valence-corrected chi connectivity index (χ2v) is 3.12. The second-order valence-electron chi connectivity index (χ2n) is 1.61. The second kappa shape index (κ2) is 2.43. The highest BCUT2D eigenvalue weighted by Crippen LogP contribution is 2.37. The smallest absolute Gasteiger partial charge is 0.166 e. The van der Waals surface area contributed by atoms with Crippen LogP contribution in [0.1, 0.15) is 5.56 Å². The average Bonchev–Trinajstić information content (AvgIpc) is 2.11. The van der Waals surface area contributed by atoms with Gasteiger partial charge in [0.15, 0.2) is 0 Å². The fourth-order valence-corrected chi connectivity index (χ4v) is 1.46. The minimum Gasteiger partial charge on any atom is -0.166 e. The summed E-state index contributed by atoms with van der Waals surface area (Å²) in [7, 11) is 0. The molecular formula is C5H2ClF3S. The Bertz CT molecular complexity index is 227. The van der Waals surface area contributed by atoms with Crippen molar-refractivity contribution in [2.75, 3.05) is 0 Å². The molecule has 0 aliphatic rings. The zero-order valence-corrected chi connectivity index (χ0v) is 6.15. The first-order valence-corrected chi connectivity index (χ1v) is 3.58. The number of halogens is 4. The molecule has 0 bridgehead atoms. The Labute approximate surface area is 64.2 Å². The van der Waals surface area contributed by atoms with Crippen molar-refractivity contribution in [2.24, 2.45) is 0 Å². The van der Waals surface area contributed by atoms with Crippen LogP contribution in [0.2, 0.25) is 4.34 Å². The Kier molecular flexibility index (Phi) is 1.92. The van der Waals surface area contributed by atoms with Crippen LogP contribution in [0.4, 0.5) is 13.2 Å². The summed E-state index contributed by atoms with van der Waals surface area (Å²) in [6, 6.07) is 0.965. The molecule has 0 nitrogen and oxygen atoms in total. The molecule has 5 heteroatoms. The SMILES string of the molecule is FC(F)(F)c1ccsc1Cl. The van der Waals surface area contributed by atoms with Crippen LogP contribution >= 0.6 is 22.9 Å². The van der Waals surface area contributed by atoms with Gasteiger partial charge in [-0.2, -0.15) is 13.2 Å². The molecule has 0 aromatic carbocycles. The average molecular weight is 187 g/mol. The van der Waals surface area contributed by atoms with Crippen LogP contribution in [0, 0.1) is 0 Å². The minimum atomic E-state index is -4.31. The van der Waals surface area contributed by atoms with Gasteiger partial charge in [-0.05, 0) is 11.4 Å². The Balaban J connectivity index is 3.05. The molecule has 0 N–H and O–H groups in total. The van der Waals surface area contributed by atoms with Crippen LogP contribution < -0.4 is 0 Å². The van der Waals surface area contributed by atoms with E-state index >= 15 is 0 Å². The van der Waals surface area contributed by atoms with Crippen molar-refractivity contribution in [3.63, 3.8) is 0 Å². The Morgan fingerprint density at radius 2 is 2.00 bits per heavy atom. The maximum Gasteiger partial charge on any atom is 0.418 e. The standard InChI is InChI=1S/C5H2ClF3S/c6-4-3(1-2-10-4)5(7,8)9/h1-2H. The molecule has 10 heavy (non-hydrogen) atoms. The third-order valence-corrected chi connectivity index (χ3v) is 2.09. The molecule has 56 valence electrons. The minimum absolute atomic E-state index is 0.201. The quantitative estimate of drug-likeness (QED) is 0.583. The first kappa shape index (κ1) is 7.88. The van der Waals surface area contributed by atoms with Crippen molar-refractivity contribution in [1.29, 1.82) is 0 Å². The van der Waals surface area contributed by atoms with Crippen molar-refractivity contribution >= 4 is 22.9 Å². The molecule has 0 spiro atoms. The van der Waals surface area contributed by atoms with E-state index in [9.17, 15) is 13.2 Å². The molecule has 1 heterocycles. The fraction of sp³-hybridized carbons (Fsp3) is 0.200. The monoisotopic (exact) mass is 186 g/mol. The molecule has 1 aromatic heterocycles. The van der Waals surface area contributed by atoms with Crippen molar-refractivity contribution in [3.8, 4) is 0 Å². The highest BCUT2D eigenvalue weighted by atomic mass is 35.5. The van der Waals surface area contributed by atoms with Gasteiger partial charge >= 0.3 is 6.18 Å². The summed E-state index contributed by atoms with van der Waals surface area (Å²) in [4.78, 5) is 0. The van der Waals surface area contributed by atoms with Gasteiger partial charge in [-0.1, -0.05) is 11.6 Å². The maximum absolute atomic E-state index is 11.8. The van der Waals surface area contributed by atoms with Gasteiger partial charge in [-0.25, -0.2) is 0 Å². The lowest BCUT2D eigenvalue weighted by Gasteiger charge is -2.02. The van der Waals surface area contributed by atoms with Crippen molar-refractivity contribution < 1.29 is 13.2 Å². The van der Waals surface area contributed by atoms with Gasteiger partial charge in [-0.15, -0.1) is 11.3 Å². The number of rotatable bonds is 0. The number of alkyl halides is 3. The molecular weight excluding hydrogens is 185 g/mol. The molecule has 0 radical (unpaired) electrons. The zero-order valence-electron chi connectivity index (χ0n) is 4.57. The third-order valence-electron chi connectivity index (χ3n) is 0.923. The predicted octanol–water partition coefficient (Wildman–Crippen LogP) is 3.42. The van der Waals surface area contributed by atoms with E-state index in [1.807, 2.05) is 0 Å². The van der Waals surface area contributed by atoms with Crippen molar-refractivity contribution in [1.82, 2.24) is 0 Å². The van der Waals surface area contributed by atoms with Crippen LogP contribution in [-0.4, -0.2) is 0 Å². The molecule has 0 amide bonds. The molecule has 0 fully saturated rings. The van der Waals surface area contributed by atoms with Crippen LogP contribution in [0.25, 0.3) is 0 Å². The molecule has 1 rings (SSSR count). The first-order chi connectivity index (χ1) is 4.52. The predicted molar refractivity (Wildman–Crippen MR) is 34.3 cm³/mol.